The minimum Gasteiger partial charge on any atom is -0.478 e. The predicted molar refractivity (Wildman–Crippen MR) is 127 cm³/mol. The Morgan fingerprint density at radius 3 is 2.29 bits per heavy atom. The Hall–Kier alpha value is -3.21. The summed E-state index contributed by atoms with van der Waals surface area (Å²) in [5.41, 5.74) is 0.623. The van der Waals surface area contributed by atoms with Crippen LogP contribution in [0.3, 0.4) is 0 Å². The number of aromatic nitrogens is 2. The van der Waals surface area contributed by atoms with Gasteiger partial charge in [0.1, 0.15) is 5.60 Å². The van der Waals surface area contributed by atoms with E-state index in [1.165, 1.54) is 25.4 Å². The number of aromatic carboxylic acids is 1. The number of carboxylic acids is 1. The van der Waals surface area contributed by atoms with E-state index in [9.17, 15) is 19.2 Å². The van der Waals surface area contributed by atoms with Gasteiger partial charge in [-0.15, -0.1) is 0 Å². The van der Waals surface area contributed by atoms with Gasteiger partial charge in [0.05, 0.1) is 23.9 Å². The summed E-state index contributed by atoms with van der Waals surface area (Å²) in [4.78, 5) is 52.6. The molecule has 1 aliphatic rings. The monoisotopic (exact) mass is 537 g/mol. The molecule has 2 N–H and O–H groups in total. The van der Waals surface area contributed by atoms with Crippen LogP contribution in [0.4, 0.5) is 4.79 Å². The standard InChI is InChI=1S/C17H23BrN2O4.C6H5NO3/c1-17(2,3)24-16(22)20-7-5-11(6-8-20)14-13(18)9-12(10-19-14)15(21)23-4;8-5-2-1-4(3-7-5)6(9)10/h9-11H,5-8H2,1-4H3;1-3H,(H,7,8)(H,9,10). The molecule has 0 radical (unpaired) electrons. The fourth-order valence-electron chi connectivity index (χ4n) is 3.18. The van der Waals surface area contributed by atoms with E-state index in [1.807, 2.05) is 20.8 Å². The summed E-state index contributed by atoms with van der Waals surface area (Å²) >= 11 is 3.49. The van der Waals surface area contributed by atoms with Crippen LogP contribution in [0.2, 0.25) is 0 Å². The van der Waals surface area contributed by atoms with Crippen molar-refractivity contribution in [2.75, 3.05) is 20.2 Å². The van der Waals surface area contributed by atoms with Crippen molar-refractivity contribution in [2.24, 2.45) is 0 Å². The maximum Gasteiger partial charge on any atom is 0.410 e. The molecule has 2 aromatic rings. The fourth-order valence-corrected chi connectivity index (χ4v) is 3.86. The van der Waals surface area contributed by atoms with Gasteiger partial charge in [-0.05, 0) is 61.7 Å². The molecule has 1 amide bonds. The molecule has 0 atom stereocenters. The Bertz CT molecular complexity index is 1070. The number of esters is 1. The van der Waals surface area contributed by atoms with E-state index in [4.69, 9.17) is 14.6 Å². The Morgan fingerprint density at radius 1 is 1.18 bits per heavy atom. The first-order chi connectivity index (χ1) is 15.9. The van der Waals surface area contributed by atoms with Gasteiger partial charge in [0.2, 0.25) is 5.56 Å². The summed E-state index contributed by atoms with van der Waals surface area (Å²) in [5, 5.41) is 8.35. The number of H-pyrrole nitrogens is 1. The number of amides is 1. The van der Waals surface area contributed by atoms with Crippen molar-refractivity contribution in [2.45, 2.75) is 45.1 Å². The number of rotatable bonds is 3. The van der Waals surface area contributed by atoms with Crippen molar-refractivity contribution in [1.82, 2.24) is 14.9 Å². The number of methoxy groups -OCH3 is 1. The highest BCUT2D eigenvalue weighted by Crippen LogP contribution is 2.32. The fraction of sp³-hybridized carbons (Fsp3) is 0.435. The predicted octanol–water partition coefficient (Wildman–Crippen LogP) is 3.82. The van der Waals surface area contributed by atoms with Crippen LogP contribution >= 0.6 is 15.9 Å². The van der Waals surface area contributed by atoms with E-state index in [2.05, 4.69) is 25.9 Å². The molecule has 0 saturated carbocycles. The molecule has 0 unspecified atom stereocenters. The first-order valence-electron chi connectivity index (χ1n) is 10.5. The molecule has 1 saturated heterocycles. The van der Waals surface area contributed by atoms with Crippen molar-refractivity contribution in [1.29, 1.82) is 0 Å². The van der Waals surface area contributed by atoms with Gasteiger partial charge in [-0.2, -0.15) is 0 Å². The Balaban J connectivity index is 0.000000340. The van der Waals surface area contributed by atoms with Gasteiger partial charge in [0, 0.05) is 41.9 Å². The lowest BCUT2D eigenvalue weighted by atomic mass is 9.93. The zero-order valence-corrected chi connectivity index (χ0v) is 21.0. The number of nitrogens with one attached hydrogen (secondary N) is 1. The number of carbonyl (C=O) groups excluding carboxylic acids is 2. The van der Waals surface area contributed by atoms with E-state index in [0.29, 0.717) is 18.7 Å². The second-order valence-electron chi connectivity index (χ2n) is 8.57. The Labute approximate surface area is 205 Å². The van der Waals surface area contributed by atoms with Crippen molar-refractivity contribution in [3.63, 3.8) is 0 Å². The number of hydrogen-bond acceptors (Lipinski definition) is 7. The zero-order chi connectivity index (χ0) is 25.5. The highest BCUT2D eigenvalue weighted by atomic mass is 79.9. The molecule has 0 aliphatic carbocycles. The van der Waals surface area contributed by atoms with Crippen LogP contribution in [0, 0.1) is 0 Å². The Kier molecular flexibility index (Phi) is 9.36. The lowest BCUT2D eigenvalue weighted by Crippen LogP contribution is -2.41. The van der Waals surface area contributed by atoms with Gasteiger partial charge in [-0.25, -0.2) is 14.4 Å². The van der Waals surface area contributed by atoms with Crippen molar-refractivity contribution in [3.8, 4) is 0 Å². The van der Waals surface area contributed by atoms with Gasteiger partial charge in [-0.1, -0.05) is 0 Å². The number of hydrogen-bond donors (Lipinski definition) is 2. The highest BCUT2D eigenvalue weighted by Gasteiger charge is 2.29. The molecule has 11 heteroatoms. The number of nitrogens with zero attached hydrogens (tertiary/aromatic N) is 2. The maximum absolute atomic E-state index is 12.1. The molecule has 34 heavy (non-hydrogen) atoms. The summed E-state index contributed by atoms with van der Waals surface area (Å²) in [7, 11) is 1.34. The molecular weight excluding hydrogens is 510 g/mol. The molecule has 0 bridgehead atoms. The Morgan fingerprint density at radius 2 is 1.82 bits per heavy atom. The number of ether oxygens (including phenoxy) is 2. The highest BCUT2D eigenvalue weighted by molar-refractivity contribution is 9.10. The third-order valence-corrected chi connectivity index (χ3v) is 5.49. The third-order valence-electron chi connectivity index (χ3n) is 4.86. The first kappa shape index (κ1) is 27.0. The van der Waals surface area contributed by atoms with Crippen molar-refractivity contribution in [3.05, 3.63) is 62.2 Å². The minimum absolute atomic E-state index is 0.0830. The lowest BCUT2D eigenvalue weighted by Gasteiger charge is -2.33. The molecule has 0 aromatic carbocycles. The van der Waals surface area contributed by atoms with Crippen molar-refractivity contribution >= 4 is 34.0 Å². The van der Waals surface area contributed by atoms with Crippen LogP contribution in [0.15, 0.2) is 39.9 Å². The second-order valence-corrected chi connectivity index (χ2v) is 9.43. The van der Waals surface area contributed by atoms with Gasteiger partial charge in [0.15, 0.2) is 0 Å². The summed E-state index contributed by atoms with van der Waals surface area (Å²) in [6, 6.07) is 4.15. The third kappa shape index (κ3) is 7.98. The number of piperidine rings is 1. The zero-order valence-electron chi connectivity index (χ0n) is 19.5. The molecular formula is C23H28BrN3O7. The molecule has 1 fully saturated rings. The smallest absolute Gasteiger partial charge is 0.410 e. The number of halogens is 1. The summed E-state index contributed by atoms with van der Waals surface area (Å²) < 4.78 is 10.9. The van der Waals surface area contributed by atoms with E-state index < -0.39 is 17.5 Å². The van der Waals surface area contributed by atoms with Gasteiger partial charge >= 0.3 is 18.0 Å². The molecule has 10 nitrogen and oxygen atoms in total. The summed E-state index contributed by atoms with van der Waals surface area (Å²) in [6.45, 7) is 6.85. The first-order valence-corrected chi connectivity index (χ1v) is 11.3. The van der Waals surface area contributed by atoms with E-state index >= 15 is 0 Å². The van der Waals surface area contributed by atoms with Gasteiger partial charge in [-0.3, -0.25) is 9.78 Å². The van der Waals surface area contributed by atoms with E-state index in [-0.39, 0.29) is 23.1 Å². The normalized spacial score (nSPS) is 14.0. The van der Waals surface area contributed by atoms with E-state index in [0.717, 1.165) is 29.2 Å². The number of carboxylic acid groups (broad SMARTS) is 1. The number of aromatic amines is 1. The largest absolute Gasteiger partial charge is 0.478 e. The number of carbonyl (C=O) groups is 3. The van der Waals surface area contributed by atoms with Crippen LogP contribution in [-0.4, -0.2) is 63.8 Å². The lowest BCUT2D eigenvalue weighted by molar-refractivity contribution is 0.0203. The van der Waals surface area contributed by atoms with Crippen LogP contribution in [0.25, 0.3) is 0 Å². The van der Waals surface area contributed by atoms with Crippen LogP contribution in [0.1, 0.15) is 65.9 Å². The van der Waals surface area contributed by atoms with Crippen LogP contribution in [0.5, 0.6) is 0 Å². The summed E-state index contributed by atoms with van der Waals surface area (Å²) in [5.74, 6) is -1.21. The average molecular weight is 538 g/mol. The molecule has 184 valence electrons. The SMILES string of the molecule is COC(=O)c1cnc(C2CCN(C(=O)OC(C)(C)C)CC2)c(Br)c1.O=C(O)c1ccc(=O)[nH]c1. The molecule has 0 spiro atoms. The van der Waals surface area contributed by atoms with Gasteiger partial charge < -0.3 is 24.5 Å². The second kappa shape index (κ2) is 11.8. The topological polar surface area (TPSA) is 139 Å². The van der Waals surface area contributed by atoms with Crippen LogP contribution < -0.4 is 5.56 Å². The summed E-state index contributed by atoms with van der Waals surface area (Å²) in [6.07, 6.45) is 4.04. The number of pyridine rings is 2. The average Bonchev–Trinajstić information content (AvgIpc) is 2.78. The molecule has 3 heterocycles. The van der Waals surface area contributed by atoms with Gasteiger partial charge in [0.25, 0.3) is 0 Å². The van der Waals surface area contributed by atoms with Crippen LogP contribution in [-0.2, 0) is 9.47 Å². The van der Waals surface area contributed by atoms with Crippen molar-refractivity contribution < 1.29 is 29.0 Å². The number of likely N-dealkylation sites (tertiary alicyclic amines) is 1. The quantitative estimate of drug-likeness (QED) is 0.563. The minimum atomic E-state index is -1.05. The maximum atomic E-state index is 12.1. The van der Waals surface area contributed by atoms with E-state index in [1.54, 1.807) is 11.0 Å². The molecule has 1 aliphatic heterocycles. The molecule has 2 aromatic heterocycles. The molecule has 3 rings (SSSR count).